The fourth-order valence-electron chi connectivity index (χ4n) is 2.64. The van der Waals surface area contributed by atoms with Gasteiger partial charge in [-0.2, -0.15) is 0 Å². The maximum atomic E-state index is 3.91. The Kier molecular flexibility index (Phi) is 15.4. The van der Waals surface area contributed by atoms with E-state index in [9.17, 15) is 0 Å². The van der Waals surface area contributed by atoms with Crippen LogP contribution >= 0.6 is 0 Å². The van der Waals surface area contributed by atoms with Gasteiger partial charge in [-0.1, -0.05) is 14.0 Å². The van der Waals surface area contributed by atoms with Gasteiger partial charge in [-0.15, -0.1) is 10.2 Å². The molecule has 1 N–H and O–H groups in total. The lowest BCUT2D eigenvalue weighted by molar-refractivity contribution is 0.187. The number of nitrogens with one attached hydrogen (secondary N) is 1. The maximum absolute atomic E-state index is 3.91. The van der Waals surface area contributed by atoms with E-state index in [0.717, 1.165) is 26.2 Å². The normalized spacial score (nSPS) is 16.5. The van der Waals surface area contributed by atoms with Gasteiger partial charge in [0.05, 0.1) is 0 Å². The Hall–Kier alpha value is -2.16. The highest BCUT2D eigenvalue weighted by Gasteiger charge is 2.11. The van der Waals surface area contributed by atoms with Crippen LogP contribution in [0, 0.1) is 0 Å². The molecule has 0 saturated carbocycles. The third-order valence-corrected chi connectivity index (χ3v) is 4.67. The van der Waals surface area contributed by atoms with E-state index in [-0.39, 0.29) is 7.43 Å². The molecule has 0 aromatic carbocycles. The van der Waals surface area contributed by atoms with E-state index in [4.69, 9.17) is 0 Å². The van der Waals surface area contributed by atoms with Crippen molar-refractivity contribution in [3.8, 4) is 0 Å². The standard InChI is InChI=1S/C8H16N2.C5H12N2.C5H7N.C3H5N3.CH4/c1-8(2)10-6-4-9(3)5-7-10;1-7-4-2-6-3-5-7;1-6-4-2-3-5-6;1-6-2-4-5-3-6;/h1,4-7H2,2-3H3;6H,2-5H2,1H3;2-5H,1H3;2-3H,1H3;1H4. The van der Waals surface area contributed by atoms with Crippen LogP contribution in [0.1, 0.15) is 14.4 Å². The van der Waals surface area contributed by atoms with Crippen LogP contribution in [0.15, 0.2) is 49.5 Å². The van der Waals surface area contributed by atoms with Gasteiger partial charge in [0.1, 0.15) is 12.7 Å². The van der Waals surface area contributed by atoms with E-state index in [1.807, 2.05) is 43.2 Å². The zero-order valence-corrected chi connectivity index (χ0v) is 19.0. The fraction of sp³-hybridized carbons (Fsp3) is 0.636. The summed E-state index contributed by atoms with van der Waals surface area (Å²) in [5, 5.41) is 10.3. The van der Waals surface area contributed by atoms with Crippen molar-refractivity contribution in [3.63, 3.8) is 0 Å². The molecule has 8 heteroatoms. The molecule has 172 valence electrons. The number of allylic oxidation sites excluding steroid dienone is 1. The number of likely N-dealkylation sites (N-methyl/N-ethyl adjacent to an activating group) is 2. The Balaban J connectivity index is 0.000000378. The molecule has 0 unspecified atom stereocenters. The smallest absolute Gasteiger partial charge is 0.119 e. The van der Waals surface area contributed by atoms with Crippen molar-refractivity contribution in [3.05, 3.63) is 49.5 Å². The monoisotopic (exact) mass is 420 g/mol. The number of piperazine rings is 2. The van der Waals surface area contributed by atoms with E-state index in [1.165, 1.54) is 31.9 Å². The zero-order valence-electron chi connectivity index (χ0n) is 19.0. The quantitative estimate of drug-likeness (QED) is 0.759. The summed E-state index contributed by atoms with van der Waals surface area (Å²) in [5.74, 6) is 0. The summed E-state index contributed by atoms with van der Waals surface area (Å²) in [6.45, 7) is 15.4. The van der Waals surface area contributed by atoms with Gasteiger partial charge < -0.3 is 29.2 Å². The van der Waals surface area contributed by atoms with Crippen LogP contribution in [0.2, 0.25) is 0 Å². The van der Waals surface area contributed by atoms with Crippen molar-refractivity contribution in [2.24, 2.45) is 14.1 Å². The maximum Gasteiger partial charge on any atom is 0.119 e. The van der Waals surface area contributed by atoms with Crippen LogP contribution in [0.5, 0.6) is 0 Å². The summed E-state index contributed by atoms with van der Waals surface area (Å²) >= 11 is 0. The number of hydrogen-bond donors (Lipinski definition) is 1. The van der Waals surface area contributed by atoms with Crippen molar-refractivity contribution in [1.82, 2.24) is 39.3 Å². The lowest BCUT2D eigenvalue weighted by atomic mass is 10.3. The second-order valence-electron chi connectivity index (χ2n) is 7.55. The topological polar surface area (TPSA) is 57.4 Å². The third-order valence-electron chi connectivity index (χ3n) is 4.67. The first-order chi connectivity index (χ1) is 13.9. The van der Waals surface area contributed by atoms with E-state index in [1.54, 1.807) is 17.2 Å². The average Bonchev–Trinajstić information content (AvgIpc) is 3.38. The highest BCUT2D eigenvalue weighted by atomic mass is 15.2. The van der Waals surface area contributed by atoms with E-state index < -0.39 is 0 Å². The molecule has 4 heterocycles. The number of aryl methyl sites for hydroxylation is 2. The van der Waals surface area contributed by atoms with Crippen LogP contribution in [0.25, 0.3) is 0 Å². The first-order valence-corrected chi connectivity index (χ1v) is 10.2. The largest absolute Gasteiger partial charge is 0.373 e. The molecular formula is C22H44N8. The molecule has 0 spiro atoms. The Morgan fingerprint density at radius 1 is 0.767 bits per heavy atom. The predicted molar refractivity (Wildman–Crippen MR) is 127 cm³/mol. The molecule has 2 aliphatic rings. The molecule has 8 nitrogen and oxygen atoms in total. The molecule has 4 rings (SSSR count). The van der Waals surface area contributed by atoms with E-state index in [2.05, 4.69) is 57.8 Å². The van der Waals surface area contributed by atoms with Crippen molar-refractivity contribution in [2.45, 2.75) is 14.4 Å². The average molecular weight is 421 g/mol. The van der Waals surface area contributed by atoms with Gasteiger partial charge in [0, 0.05) is 84.5 Å². The molecule has 0 radical (unpaired) electrons. The van der Waals surface area contributed by atoms with Crippen molar-refractivity contribution in [2.75, 3.05) is 66.5 Å². The van der Waals surface area contributed by atoms with E-state index >= 15 is 0 Å². The SMILES string of the molecule is C.C=C(C)N1CCN(C)CC1.CN1CCNCC1.Cn1cccc1.Cn1cnnc1. The van der Waals surface area contributed by atoms with Gasteiger partial charge >= 0.3 is 0 Å². The van der Waals surface area contributed by atoms with Crippen molar-refractivity contribution < 1.29 is 0 Å². The highest BCUT2D eigenvalue weighted by Crippen LogP contribution is 2.04. The molecule has 0 bridgehead atoms. The third kappa shape index (κ3) is 13.9. The van der Waals surface area contributed by atoms with Crippen molar-refractivity contribution >= 4 is 0 Å². The van der Waals surface area contributed by atoms with Crippen LogP contribution < -0.4 is 5.32 Å². The second kappa shape index (κ2) is 16.6. The predicted octanol–water partition coefficient (Wildman–Crippen LogP) is 1.77. The summed E-state index contributed by atoms with van der Waals surface area (Å²) in [7, 11) is 8.19. The Bertz CT molecular complexity index is 577. The highest BCUT2D eigenvalue weighted by molar-refractivity contribution is 4.91. The fourth-order valence-corrected chi connectivity index (χ4v) is 2.64. The van der Waals surface area contributed by atoms with Gasteiger partial charge in [-0.3, -0.25) is 0 Å². The molecule has 2 aliphatic heterocycles. The zero-order chi connectivity index (χ0) is 21.5. The summed E-state index contributed by atoms with van der Waals surface area (Å²) in [5.41, 5.74) is 1.20. The van der Waals surface area contributed by atoms with Gasteiger partial charge in [-0.25, -0.2) is 0 Å². The lowest BCUT2D eigenvalue weighted by Crippen LogP contribution is -2.43. The Labute approximate surface area is 184 Å². The molecule has 0 atom stereocenters. The lowest BCUT2D eigenvalue weighted by Gasteiger charge is -2.33. The van der Waals surface area contributed by atoms with E-state index in [0.29, 0.717) is 0 Å². The first kappa shape index (κ1) is 27.8. The minimum Gasteiger partial charge on any atom is -0.373 e. The number of aromatic nitrogens is 4. The van der Waals surface area contributed by atoms with Gasteiger partial charge in [0.15, 0.2) is 0 Å². The molecular weight excluding hydrogens is 376 g/mol. The van der Waals surface area contributed by atoms with Gasteiger partial charge in [-0.05, 0) is 33.2 Å². The van der Waals surface area contributed by atoms with Crippen molar-refractivity contribution in [1.29, 1.82) is 0 Å². The van der Waals surface area contributed by atoms with Gasteiger partial charge in [0.2, 0.25) is 0 Å². The molecule has 2 fully saturated rings. The number of hydrogen-bond acceptors (Lipinski definition) is 6. The minimum absolute atomic E-state index is 0. The minimum atomic E-state index is 0. The number of rotatable bonds is 1. The molecule has 0 amide bonds. The summed E-state index contributed by atoms with van der Waals surface area (Å²) in [6, 6.07) is 4.00. The molecule has 2 aromatic heterocycles. The van der Waals surface area contributed by atoms with Crippen LogP contribution in [0.3, 0.4) is 0 Å². The van der Waals surface area contributed by atoms with Crippen LogP contribution in [0.4, 0.5) is 0 Å². The first-order valence-electron chi connectivity index (χ1n) is 10.2. The van der Waals surface area contributed by atoms with Crippen LogP contribution in [-0.4, -0.2) is 100 Å². The van der Waals surface area contributed by atoms with Gasteiger partial charge in [0.25, 0.3) is 0 Å². The Morgan fingerprint density at radius 3 is 1.50 bits per heavy atom. The molecule has 30 heavy (non-hydrogen) atoms. The Morgan fingerprint density at radius 2 is 1.23 bits per heavy atom. The number of nitrogens with zero attached hydrogens (tertiary/aromatic N) is 7. The summed E-state index contributed by atoms with van der Waals surface area (Å²) in [4.78, 5) is 7.01. The summed E-state index contributed by atoms with van der Waals surface area (Å²) < 4.78 is 3.78. The van der Waals surface area contributed by atoms with Crippen LogP contribution in [-0.2, 0) is 14.1 Å². The molecule has 0 aliphatic carbocycles. The second-order valence-corrected chi connectivity index (χ2v) is 7.55. The molecule has 2 aromatic rings. The molecule has 2 saturated heterocycles. The summed E-state index contributed by atoms with van der Waals surface area (Å²) in [6.07, 6.45) is 7.28.